The molecule has 7 heteroatoms. The van der Waals surface area contributed by atoms with Gasteiger partial charge in [0.25, 0.3) is 0 Å². The number of likely N-dealkylation sites (N-methyl/N-ethyl adjacent to an activating group) is 1. The van der Waals surface area contributed by atoms with E-state index in [9.17, 15) is 0 Å². The maximum atomic E-state index is 5.96. The zero-order valence-electron chi connectivity index (χ0n) is 16.6. The van der Waals surface area contributed by atoms with Crippen molar-refractivity contribution in [2.24, 2.45) is 4.99 Å². The molecule has 3 rings (SSSR count). The number of rotatable bonds is 6. The molecule has 0 bridgehead atoms. The largest absolute Gasteiger partial charge is 0.459 e. The van der Waals surface area contributed by atoms with E-state index >= 15 is 0 Å². The Hall–Kier alpha value is -1.32. The van der Waals surface area contributed by atoms with E-state index in [-0.39, 0.29) is 24.0 Å². The molecule has 2 heterocycles. The van der Waals surface area contributed by atoms with Crippen LogP contribution in [-0.4, -0.2) is 68.6 Å². The van der Waals surface area contributed by atoms with E-state index in [1.54, 1.807) is 7.05 Å². The molecule has 0 amide bonds. The van der Waals surface area contributed by atoms with Crippen LogP contribution in [-0.2, 0) is 6.54 Å². The van der Waals surface area contributed by atoms with E-state index in [1.165, 1.54) is 24.0 Å². The highest BCUT2D eigenvalue weighted by Gasteiger charge is 2.15. The highest BCUT2D eigenvalue weighted by molar-refractivity contribution is 14.0. The third-order valence-electron chi connectivity index (χ3n) is 5.22. The minimum absolute atomic E-state index is 0. The molecule has 1 aliphatic rings. The molecule has 1 aliphatic heterocycles. The molecule has 6 nitrogen and oxygen atoms in total. The highest BCUT2D eigenvalue weighted by atomic mass is 127. The lowest BCUT2D eigenvalue weighted by atomic mass is 10.1. The smallest absolute Gasteiger partial charge is 0.191 e. The van der Waals surface area contributed by atoms with Gasteiger partial charge in [-0.05, 0) is 19.5 Å². The quantitative estimate of drug-likeness (QED) is 0.375. The molecule has 1 aromatic carbocycles. The van der Waals surface area contributed by atoms with Crippen molar-refractivity contribution >= 4 is 40.9 Å². The molecular formula is C20H32IN5O. The number of para-hydroxylation sites is 1. The van der Waals surface area contributed by atoms with Gasteiger partial charge in [0.05, 0.1) is 6.54 Å². The topological polar surface area (TPSA) is 56.0 Å². The van der Waals surface area contributed by atoms with Crippen LogP contribution in [0.25, 0.3) is 11.0 Å². The maximum absolute atomic E-state index is 5.96. The average Bonchev–Trinajstić information content (AvgIpc) is 3.01. The zero-order valence-corrected chi connectivity index (χ0v) is 19.0. The van der Waals surface area contributed by atoms with Crippen LogP contribution < -0.4 is 10.6 Å². The van der Waals surface area contributed by atoms with Gasteiger partial charge in [0.2, 0.25) is 0 Å². The maximum Gasteiger partial charge on any atom is 0.191 e. The van der Waals surface area contributed by atoms with Crippen LogP contribution in [0.4, 0.5) is 0 Å². The molecule has 2 aromatic rings. The summed E-state index contributed by atoms with van der Waals surface area (Å²) in [4.78, 5) is 9.33. The summed E-state index contributed by atoms with van der Waals surface area (Å²) in [6, 6.07) is 8.16. The molecule has 0 unspecified atom stereocenters. The van der Waals surface area contributed by atoms with Gasteiger partial charge in [-0.1, -0.05) is 25.1 Å². The Bertz CT molecular complexity index is 737. The third kappa shape index (κ3) is 5.83. The third-order valence-corrected chi connectivity index (χ3v) is 5.22. The van der Waals surface area contributed by atoms with Crippen LogP contribution in [0.5, 0.6) is 0 Å². The van der Waals surface area contributed by atoms with Crippen LogP contribution in [0.2, 0.25) is 0 Å². The van der Waals surface area contributed by atoms with Gasteiger partial charge in [0.1, 0.15) is 11.3 Å². The summed E-state index contributed by atoms with van der Waals surface area (Å²) in [7, 11) is 1.81. The summed E-state index contributed by atoms with van der Waals surface area (Å²) in [5, 5.41) is 7.95. The van der Waals surface area contributed by atoms with Crippen molar-refractivity contribution in [3.8, 4) is 0 Å². The number of aryl methyl sites for hydroxylation is 1. The lowest BCUT2D eigenvalue weighted by Crippen LogP contribution is -2.49. The average molecular weight is 485 g/mol. The number of benzene rings is 1. The number of nitrogens with zero attached hydrogens (tertiary/aromatic N) is 3. The number of piperazine rings is 1. The summed E-state index contributed by atoms with van der Waals surface area (Å²) < 4.78 is 5.96. The fourth-order valence-corrected chi connectivity index (χ4v) is 3.44. The second-order valence-electron chi connectivity index (χ2n) is 6.77. The number of aliphatic imine (C=N–C) groups is 1. The summed E-state index contributed by atoms with van der Waals surface area (Å²) in [5.74, 6) is 1.78. The number of guanidine groups is 1. The normalized spacial score (nSPS) is 16.3. The predicted octanol–water partition coefficient (Wildman–Crippen LogP) is 2.66. The monoisotopic (exact) mass is 485 g/mol. The number of nitrogens with one attached hydrogen (secondary N) is 2. The van der Waals surface area contributed by atoms with Gasteiger partial charge in [0.15, 0.2) is 5.96 Å². The van der Waals surface area contributed by atoms with Crippen molar-refractivity contribution in [3.63, 3.8) is 0 Å². The Kier molecular flexibility index (Phi) is 8.85. The second-order valence-corrected chi connectivity index (χ2v) is 6.77. The van der Waals surface area contributed by atoms with Crippen molar-refractivity contribution in [3.05, 3.63) is 35.6 Å². The molecule has 150 valence electrons. The Morgan fingerprint density at radius 3 is 2.48 bits per heavy atom. The van der Waals surface area contributed by atoms with Crippen molar-refractivity contribution in [1.82, 2.24) is 20.4 Å². The first kappa shape index (κ1) is 22.0. The van der Waals surface area contributed by atoms with Crippen molar-refractivity contribution in [2.45, 2.75) is 20.4 Å². The van der Waals surface area contributed by atoms with Gasteiger partial charge in [-0.2, -0.15) is 0 Å². The summed E-state index contributed by atoms with van der Waals surface area (Å²) in [6.45, 7) is 12.7. The Morgan fingerprint density at radius 2 is 1.81 bits per heavy atom. The molecule has 2 N–H and O–H groups in total. The zero-order chi connectivity index (χ0) is 18.4. The second kappa shape index (κ2) is 10.9. The molecule has 0 saturated carbocycles. The molecule has 1 aromatic heterocycles. The summed E-state index contributed by atoms with van der Waals surface area (Å²) in [5.41, 5.74) is 2.13. The minimum atomic E-state index is 0. The van der Waals surface area contributed by atoms with Crippen molar-refractivity contribution in [2.75, 3.05) is 52.9 Å². The van der Waals surface area contributed by atoms with Gasteiger partial charge in [-0.15, -0.1) is 24.0 Å². The van der Waals surface area contributed by atoms with Gasteiger partial charge >= 0.3 is 0 Å². The molecule has 27 heavy (non-hydrogen) atoms. The van der Waals surface area contributed by atoms with Crippen LogP contribution in [0.1, 0.15) is 18.2 Å². The van der Waals surface area contributed by atoms with E-state index in [2.05, 4.69) is 45.3 Å². The highest BCUT2D eigenvalue weighted by Crippen LogP contribution is 2.24. The van der Waals surface area contributed by atoms with E-state index in [0.717, 1.165) is 50.0 Å². The van der Waals surface area contributed by atoms with Crippen LogP contribution in [0.15, 0.2) is 33.7 Å². The van der Waals surface area contributed by atoms with E-state index in [1.807, 2.05) is 18.2 Å². The lowest BCUT2D eigenvalue weighted by Gasteiger charge is -2.34. The Balaban J connectivity index is 0.00000261. The number of hydrogen-bond acceptors (Lipinski definition) is 4. The van der Waals surface area contributed by atoms with Crippen molar-refractivity contribution in [1.29, 1.82) is 0 Å². The molecule has 1 saturated heterocycles. The van der Waals surface area contributed by atoms with Gasteiger partial charge in [-0.3, -0.25) is 9.89 Å². The molecular weight excluding hydrogens is 453 g/mol. The van der Waals surface area contributed by atoms with E-state index in [0.29, 0.717) is 6.54 Å². The number of hydrogen-bond donors (Lipinski definition) is 2. The van der Waals surface area contributed by atoms with Gasteiger partial charge in [-0.25, -0.2) is 0 Å². The molecule has 0 spiro atoms. The number of fused-ring (bicyclic) bond motifs is 1. The number of halogens is 1. The minimum Gasteiger partial charge on any atom is -0.459 e. The molecule has 0 aliphatic carbocycles. The molecule has 0 radical (unpaired) electrons. The fraction of sp³-hybridized carbons (Fsp3) is 0.550. The SMILES string of the molecule is CCN1CCN(CCNC(=NC)NCc2oc3ccccc3c2C)CC1.I. The first-order chi connectivity index (χ1) is 12.7. The Morgan fingerprint density at radius 1 is 1.11 bits per heavy atom. The first-order valence-corrected chi connectivity index (χ1v) is 9.57. The first-order valence-electron chi connectivity index (χ1n) is 9.57. The van der Waals surface area contributed by atoms with Crippen LogP contribution in [0, 0.1) is 6.92 Å². The molecule has 0 atom stereocenters. The van der Waals surface area contributed by atoms with Crippen LogP contribution in [0.3, 0.4) is 0 Å². The van der Waals surface area contributed by atoms with E-state index < -0.39 is 0 Å². The summed E-state index contributed by atoms with van der Waals surface area (Å²) in [6.07, 6.45) is 0. The number of furan rings is 1. The summed E-state index contributed by atoms with van der Waals surface area (Å²) >= 11 is 0. The Labute approximate surface area is 179 Å². The lowest BCUT2D eigenvalue weighted by molar-refractivity contribution is 0.139. The van der Waals surface area contributed by atoms with Crippen LogP contribution >= 0.6 is 24.0 Å². The predicted molar refractivity (Wildman–Crippen MR) is 123 cm³/mol. The van der Waals surface area contributed by atoms with Gasteiger partial charge in [0, 0.05) is 57.3 Å². The fourth-order valence-electron chi connectivity index (χ4n) is 3.44. The standard InChI is InChI=1S/C20H31N5O.HI/c1-4-24-11-13-25(14-12-24)10-9-22-20(21-3)23-15-19-16(2)17-7-5-6-8-18(17)26-19;/h5-8H,4,9-15H2,1-3H3,(H2,21,22,23);1H. The molecule has 1 fully saturated rings. The van der Waals surface area contributed by atoms with Gasteiger partial charge < -0.3 is 20.0 Å². The van der Waals surface area contributed by atoms with E-state index in [4.69, 9.17) is 4.42 Å². The van der Waals surface area contributed by atoms with Crippen molar-refractivity contribution < 1.29 is 4.42 Å².